The molecule has 138 valence electrons. The molecule has 2 aliphatic rings. The van der Waals surface area contributed by atoms with Crippen LogP contribution in [0.5, 0.6) is 0 Å². The van der Waals surface area contributed by atoms with E-state index >= 15 is 0 Å². The number of hydrogen-bond donors (Lipinski definition) is 0. The molecule has 0 spiro atoms. The molecule has 2 aliphatic heterocycles. The number of rotatable bonds is 6. The molecule has 0 saturated carbocycles. The van der Waals surface area contributed by atoms with Crippen LogP contribution in [0.3, 0.4) is 0 Å². The smallest absolute Gasteiger partial charge is 0.253 e. The number of benzene rings is 1. The third-order valence-corrected chi connectivity index (χ3v) is 6.83. The molecular formula is C18H26N2O4S. The second-order valence-corrected chi connectivity index (χ2v) is 8.56. The third-order valence-electron chi connectivity index (χ3n) is 4.90. The van der Waals surface area contributed by atoms with Gasteiger partial charge in [0, 0.05) is 38.3 Å². The Hall–Kier alpha value is -1.44. The fourth-order valence-electron chi connectivity index (χ4n) is 3.22. The molecule has 1 atom stereocenters. The van der Waals surface area contributed by atoms with Gasteiger partial charge in [-0.2, -0.15) is 4.31 Å². The van der Waals surface area contributed by atoms with E-state index in [1.807, 2.05) is 6.92 Å². The van der Waals surface area contributed by atoms with Crippen LogP contribution in [-0.2, 0) is 14.8 Å². The maximum Gasteiger partial charge on any atom is 0.253 e. The first-order chi connectivity index (χ1) is 12.0. The highest BCUT2D eigenvalue weighted by Gasteiger charge is 2.29. The molecule has 2 fully saturated rings. The Morgan fingerprint density at radius 1 is 1.28 bits per heavy atom. The van der Waals surface area contributed by atoms with Crippen LogP contribution < -0.4 is 0 Å². The van der Waals surface area contributed by atoms with E-state index in [0.717, 1.165) is 38.8 Å². The van der Waals surface area contributed by atoms with Crippen LogP contribution in [0.15, 0.2) is 29.2 Å². The van der Waals surface area contributed by atoms with Crippen LogP contribution in [0.25, 0.3) is 0 Å². The molecule has 0 unspecified atom stereocenters. The average molecular weight is 366 g/mol. The lowest BCUT2D eigenvalue weighted by Crippen LogP contribution is -2.42. The van der Waals surface area contributed by atoms with E-state index in [1.54, 1.807) is 23.1 Å². The van der Waals surface area contributed by atoms with Crippen molar-refractivity contribution in [1.82, 2.24) is 9.21 Å². The van der Waals surface area contributed by atoms with Crippen LogP contribution in [0.4, 0.5) is 0 Å². The zero-order valence-corrected chi connectivity index (χ0v) is 15.5. The molecule has 0 radical (unpaired) electrons. The van der Waals surface area contributed by atoms with Crippen molar-refractivity contribution in [2.45, 2.75) is 43.6 Å². The number of nitrogens with zero attached hydrogens (tertiary/aromatic N) is 2. The Balaban J connectivity index is 1.78. The summed E-state index contributed by atoms with van der Waals surface area (Å²) in [5.41, 5.74) is 0.436. The Labute approximate surface area is 149 Å². The highest BCUT2D eigenvalue weighted by Crippen LogP contribution is 2.22. The summed E-state index contributed by atoms with van der Waals surface area (Å²) >= 11 is 0. The SMILES string of the molecule is CCN(C[C@H]1CCCCO1)S(=O)(=O)c1cccc(C(=O)N2CCC2)c1. The Bertz CT molecular complexity index is 710. The molecule has 1 amide bonds. The molecule has 0 N–H and O–H groups in total. The van der Waals surface area contributed by atoms with Gasteiger partial charge in [-0.3, -0.25) is 4.79 Å². The minimum atomic E-state index is -3.64. The van der Waals surface area contributed by atoms with Gasteiger partial charge in [0.1, 0.15) is 0 Å². The summed E-state index contributed by atoms with van der Waals surface area (Å²) < 4.78 is 33.2. The molecule has 0 aromatic heterocycles. The quantitative estimate of drug-likeness (QED) is 0.773. The van der Waals surface area contributed by atoms with Crippen molar-refractivity contribution in [3.8, 4) is 0 Å². The van der Waals surface area contributed by atoms with Gasteiger partial charge in [0.05, 0.1) is 11.0 Å². The first-order valence-corrected chi connectivity index (χ1v) is 10.5. The van der Waals surface area contributed by atoms with Gasteiger partial charge in [0.2, 0.25) is 10.0 Å². The maximum absolute atomic E-state index is 13.0. The summed E-state index contributed by atoms with van der Waals surface area (Å²) in [7, 11) is -3.64. The molecule has 3 rings (SSSR count). The number of carbonyl (C=O) groups excluding carboxylic acids is 1. The van der Waals surface area contributed by atoms with Gasteiger partial charge in [-0.05, 0) is 43.9 Å². The van der Waals surface area contributed by atoms with Crippen molar-refractivity contribution in [3.05, 3.63) is 29.8 Å². The van der Waals surface area contributed by atoms with E-state index in [4.69, 9.17) is 4.74 Å². The summed E-state index contributed by atoms with van der Waals surface area (Å²) in [4.78, 5) is 14.3. The van der Waals surface area contributed by atoms with Gasteiger partial charge in [-0.15, -0.1) is 0 Å². The Morgan fingerprint density at radius 3 is 2.68 bits per heavy atom. The average Bonchev–Trinajstić information content (AvgIpc) is 2.59. The van der Waals surface area contributed by atoms with Gasteiger partial charge in [0.25, 0.3) is 5.91 Å². The van der Waals surface area contributed by atoms with Gasteiger partial charge in [0.15, 0.2) is 0 Å². The summed E-state index contributed by atoms with van der Waals surface area (Å²) in [6, 6.07) is 6.39. The van der Waals surface area contributed by atoms with Crippen LogP contribution in [0.1, 0.15) is 43.0 Å². The molecule has 0 aliphatic carbocycles. The highest BCUT2D eigenvalue weighted by molar-refractivity contribution is 7.89. The molecule has 1 aromatic carbocycles. The number of sulfonamides is 1. The zero-order valence-electron chi connectivity index (χ0n) is 14.7. The standard InChI is InChI=1S/C18H26N2O4S/c1-2-20(14-16-8-3-4-12-24-16)25(22,23)17-9-5-7-15(13-17)18(21)19-10-6-11-19/h5,7,9,13,16H,2-4,6,8,10-12,14H2,1H3/t16-/m1/s1. The normalized spacial score (nSPS) is 21.2. The van der Waals surface area contributed by atoms with Crippen molar-refractivity contribution in [2.24, 2.45) is 0 Å². The van der Waals surface area contributed by atoms with Crippen LogP contribution in [-0.4, -0.2) is 62.4 Å². The summed E-state index contributed by atoms with van der Waals surface area (Å²) in [6.45, 7) is 4.76. The van der Waals surface area contributed by atoms with Crippen LogP contribution in [0, 0.1) is 0 Å². The number of ether oxygens (including phenoxy) is 1. The van der Waals surface area contributed by atoms with E-state index in [0.29, 0.717) is 25.3 Å². The fraction of sp³-hybridized carbons (Fsp3) is 0.611. The molecule has 6 nitrogen and oxygen atoms in total. The first kappa shape index (κ1) is 18.4. The fourth-order valence-corrected chi connectivity index (χ4v) is 4.74. The summed E-state index contributed by atoms with van der Waals surface area (Å²) in [5, 5.41) is 0. The molecule has 2 saturated heterocycles. The van der Waals surface area contributed by atoms with Crippen LogP contribution in [0.2, 0.25) is 0 Å². The predicted octanol–water partition coefficient (Wildman–Crippen LogP) is 2.11. The van der Waals surface area contributed by atoms with Crippen LogP contribution >= 0.6 is 0 Å². The van der Waals surface area contributed by atoms with E-state index in [1.165, 1.54) is 10.4 Å². The number of carbonyl (C=O) groups is 1. The monoisotopic (exact) mass is 366 g/mol. The predicted molar refractivity (Wildman–Crippen MR) is 95.0 cm³/mol. The minimum Gasteiger partial charge on any atom is -0.377 e. The van der Waals surface area contributed by atoms with E-state index < -0.39 is 10.0 Å². The number of likely N-dealkylation sites (tertiary alicyclic amines) is 1. The highest BCUT2D eigenvalue weighted by atomic mass is 32.2. The molecule has 7 heteroatoms. The van der Waals surface area contributed by atoms with Crippen molar-refractivity contribution in [2.75, 3.05) is 32.8 Å². The van der Waals surface area contributed by atoms with Crippen molar-refractivity contribution < 1.29 is 17.9 Å². The van der Waals surface area contributed by atoms with Crippen molar-refractivity contribution in [1.29, 1.82) is 0 Å². The zero-order chi connectivity index (χ0) is 17.9. The lowest BCUT2D eigenvalue weighted by atomic mass is 10.1. The largest absolute Gasteiger partial charge is 0.377 e. The van der Waals surface area contributed by atoms with E-state index in [2.05, 4.69) is 0 Å². The molecule has 2 heterocycles. The number of amides is 1. The Morgan fingerprint density at radius 2 is 2.08 bits per heavy atom. The lowest BCUT2D eigenvalue weighted by Gasteiger charge is -2.31. The summed E-state index contributed by atoms with van der Waals surface area (Å²) in [5.74, 6) is -0.0954. The molecule has 25 heavy (non-hydrogen) atoms. The number of hydrogen-bond acceptors (Lipinski definition) is 4. The van der Waals surface area contributed by atoms with Gasteiger partial charge < -0.3 is 9.64 Å². The van der Waals surface area contributed by atoms with Crippen molar-refractivity contribution >= 4 is 15.9 Å². The van der Waals surface area contributed by atoms with Crippen molar-refractivity contribution in [3.63, 3.8) is 0 Å². The maximum atomic E-state index is 13.0. The van der Waals surface area contributed by atoms with E-state index in [9.17, 15) is 13.2 Å². The first-order valence-electron chi connectivity index (χ1n) is 9.03. The molecular weight excluding hydrogens is 340 g/mol. The summed E-state index contributed by atoms with van der Waals surface area (Å²) in [6.07, 6.45) is 3.96. The van der Waals surface area contributed by atoms with Gasteiger partial charge in [-0.25, -0.2) is 8.42 Å². The lowest BCUT2D eigenvalue weighted by molar-refractivity contribution is 0.00670. The second kappa shape index (κ2) is 7.85. The Kier molecular flexibility index (Phi) is 5.76. The second-order valence-electron chi connectivity index (χ2n) is 6.62. The third kappa shape index (κ3) is 4.04. The molecule has 0 bridgehead atoms. The number of likely N-dealkylation sites (N-methyl/N-ethyl adjacent to an activating group) is 1. The minimum absolute atomic E-state index is 0.0469. The van der Waals surface area contributed by atoms with E-state index in [-0.39, 0.29) is 16.9 Å². The topological polar surface area (TPSA) is 66.9 Å². The van der Waals surface area contributed by atoms with Gasteiger partial charge >= 0.3 is 0 Å². The van der Waals surface area contributed by atoms with Gasteiger partial charge in [-0.1, -0.05) is 13.0 Å². The molecule has 1 aromatic rings.